The van der Waals surface area contributed by atoms with Gasteiger partial charge >= 0.3 is 11.9 Å². The van der Waals surface area contributed by atoms with Crippen molar-refractivity contribution in [2.45, 2.75) is 6.61 Å². The molecule has 0 fully saturated rings. The summed E-state index contributed by atoms with van der Waals surface area (Å²) in [5.41, 5.74) is 1.30. The van der Waals surface area contributed by atoms with Crippen LogP contribution >= 0.6 is 0 Å². The number of nitrogens with two attached hydrogens (primary N) is 1. The Morgan fingerprint density at radius 2 is 1.84 bits per heavy atom. The molecular weight excluding hydrogens is 406 g/mol. The number of phenols is 1. The molecule has 0 aliphatic rings. The number of phenolic OH excluding ortho intramolecular Hbond substituents is 1. The summed E-state index contributed by atoms with van der Waals surface area (Å²) < 4.78 is 10.1. The summed E-state index contributed by atoms with van der Waals surface area (Å²) in [7, 11) is 0. The number of furan rings is 1. The smallest absolute Gasteiger partial charge is 0.382 e. The molecular formula is C21H15N3O7. The number of nitrogen functional groups attached to an aromatic ring is 1. The van der Waals surface area contributed by atoms with Crippen molar-refractivity contribution in [2.75, 3.05) is 0 Å². The van der Waals surface area contributed by atoms with Gasteiger partial charge in [0.25, 0.3) is 5.91 Å². The standard InChI is InChI=1S/C21H15N3O7/c22-8-14-15(26)7-6-13(17(14)19(27)24-23)20(28)31-21(29)18-16(12(9-25)10-30-18)11-4-2-1-3-5-11/h1-7,10,25-26H,9,23H2,(H,24,27). The van der Waals surface area contributed by atoms with E-state index in [2.05, 4.69) is 0 Å². The summed E-state index contributed by atoms with van der Waals surface area (Å²) in [6.07, 6.45) is 1.16. The van der Waals surface area contributed by atoms with Gasteiger partial charge in [0, 0.05) is 11.1 Å². The monoisotopic (exact) mass is 421 g/mol. The van der Waals surface area contributed by atoms with Crippen molar-refractivity contribution in [3.63, 3.8) is 0 Å². The first-order valence-electron chi connectivity index (χ1n) is 8.73. The van der Waals surface area contributed by atoms with Crippen LogP contribution in [0.25, 0.3) is 11.1 Å². The molecule has 10 nitrogen and oxygen atoms in total. The van der Waals surface area contributed by atoms with E-state index in [9.17, 15) is 29.9 Å². The van der Waals surface area contributed by atoms with Gasteiger partial charge in [-0.15, -0.1) is 0 Å². The maximum atomic E-state index is 12.7. The highest BCUT2D eigenvalue weighted by Crippen LogP contribution is 2.31. The molecule has 1 heterocycles. The van der Waals surface area contributed by atoms with Gasteiger partial charge in [-0.3, -0.25) is 10.2 Å². The molecule has 0 saturated carbocycles. The SMILES string of the molecule is N#Cc1c(O)ccc(C(=O)OC(=O)c2occ(CO)c2-c2ccccc2)c1C(=O)NN. The Balaban J connectivity index is 2.00. The third-order valence-electron chi connectivity index (χ3n) is 4.34. The second kappa shape index (κ2) is 8.91. The van der Waals surface area contributed by atoms with Crippen molar-refractivity contribution >= 4 is 17.8 Å². The number of hydrogen-bond donors (Lipinski definition) is 4. The molecule has 5 N–H and O–H groups in total. The van der Waals surface area contributed by atoms with Crippen molar-refractivity contribution in [1.29, 1.82) is 5.26 Å². The van der Waals surface area contributed by atoms with Crippen molar-refractivity contribution in [2.24, 2.45) is 5.84 Å². The summed E-state index contributed by atoms with van der Waals surface area (Å²) in [6.45, 7) is -0.431. The summed E-state index contributed by atoms with van der Waals surface area (Å²) in [4.78, 5) is 37.4. The highest BCUT2D eigenvalue weighted by atomic mass is 16.6. The lowest BCUT2D eigenvalue weighted by atomic mass is 10.00. The minimum atomic E-state index is -1.28. The summed E-state index contributed by atoms with van der Waals surface area (Å²) in [5, 5.41) is 28.6. The van der Waals surface area contributed by atoms with Gasteiger partial charge in [-0.1, -0.05) is 30.3 Å². The number of aromatic hydroxyl groups is 1. The van der Waals surface area contributed by atoms with Crippen molar-refractivity contribution in [1.82, 2.24) is 5.43 Å². The number of aliphatic hydroxyl groups excluding tert-OH is 1. The van der Waals surface area contributed by atoms with E-state index >= 15 is 0 Å². The van der Waals surface area contributed by atoms with Crippen LogP contribution in [0.5, 0.6) is 5.75 Å². The van der Waals surface area contributed by atoms with Crippen LogP contribution in [0.2, 0.25) is 0 Å². The van der Waals surface area contributed by atoms with E-state index in [-0.39, 0.29) is 11.3 Å². The van der Waals surface area contributed by atoms with E-state index in [1.807, 2.05) is 0 Å². The zero-order valence-electron chi connectivity index (χ0n) is 15.8. The molecule has 0 atom stereocenters. The predicted molar refractivity (Wildman–Crippen MR) is 104 cm³/mol. The van der Waals surface area contributed by atoms with Gasteiger partial charge in [-0.05, 0) is 17.7 Å². The van der Waals surface area contributed by atoms with Crippen LogP contribution in [0.3, 0.4) is 0 Å². The highest BCUT2D eigenvalue weighted by Gasteiger charge is 2.29. The minimum Gasteiger partial charge on any atom is -0.507 e. The van der Waals surface area contributed by atoms with Gasteiger partial charge in [-0.2, -0.15) is 5.26 Å². The Hall–Kier alpha value is -4.46. The first-order valence-corrected chi connectivity index (χ1v) is 8.73. The molecule has 1 aromatic heterocycles. The number of nitrogens with zero attached hydrogens (tertiary/aromatic N) is 1. The van der Waals surface area contributed by atoms with Crippen LogP contribution in [0.15, 0.2) is 53.1 Å². The lowest BCUT2D eigenvalue weighted by Crippen LogP contribution is -2.32. The third-order valence-corrected chi connectivity index (χ3v) is 4.34. The van der Waals surface area contributed by atoms with E-state index in [1.165, 1.54) is 0 Å². The van der Waals surface area contributed by atoms with Crippen molar-refractivity contribution in [3.05, 3.63) is 76.7 Å². The summed E-state index contributed by atoms with van der Waals surface area (Å²) in [6, 6.07) is 12.1. The molecule has 0 aliphatic heterocycles. The molecule has 0 radical (unpaired) electrons. The molecule has 156 valence electrons. The number of amides is 1. The molecule has 2 aromatic carbocycles. The molecule has 31 heavy (non-hydrogen) atoms. The van der Waals surface area contributed by atoms with Gasteiger partial charge in [0.15, 0.2) is 0 Å². The number of hydrogen-bond acceptors (Lipinski definition) is 9. The quantitative estimate of drug-likeness (QED) is 0.157. The molecule has 10 heteroatoms. The Bertz CT molecular complexity index is 1210. The van der Waals surface area contributed by atoms with Gasteiger partial charge < -0.3 is 19.4 Å². The predicted octanol–water partition coefficient (Wildman–Crippen LogP) is 1.62. The topological polar surface area (TPSA) is 176 Å². The number of hydrazine groups is 1. The van der Waals surface area contributed by atoms with E-state index in [0.717, 1.165) is 18.4 Å². The van der Waals surface area contributed by atoms with Crippen molar-refractivity contribution < 1.29 is 33.8 Å². The number of aliphatic hydroxyl groups is 1. The molecule has 0 saturated heterocycles. The lowest BCUT2D eigenvalue weighted by Gasteiger charge is -2.10. The van der Waals surface area contributed by atoms with Crippen LogP contribution in [0.4, 0.5) is 0 Å². The largest absolute Gasteiger partial charge is 0.507 e. The summed E-state index contributed by atoms with van der Waals surface area (Å²) in [5.74, 6) is 0.685. The van der Waals surface area contributed by atoms with Crippen LogP contribution in [0, 0.1) is 11.3 Å². The van der Waals surface area contributed by atoms with Crippen LogP contribution in [0.1, 0.15) is 42.4 Å². The zero-order chi connectivity index (χ0) is 22.5. The normalized spacial score (nSPS) is 10.2. The highest BCUT2D eigenvalue weighted by molar-refractivity contribution is 6.11. The zero-order valence-corrected chi connectivity index (χ0v) is 15.8. The lowest BCUT2D eigenvalue weighted by molar-refractivity contribution is 0.0374. The number of benzene rings is 2. The first kappa shape index (κ1) is 21.3. The number of nitriles is 1. The average molecular weight is 421 g/mol. The number of rotatable bonds is 5. The maximum absolute atomic E-state index is 12.7. The van der Waals surface area contributed by atoms with Gasteiger partial charge in [-0.25, -0.2) is 15.4 Å². The summed E-state index contributed by atoms with van der Waals surface area (Å²) >= 11 is 0. The molecule has 1 amide bonds. The second-order valence-electron chi connectivity index (χ2n) is 6.13. The van der Waals surface area contributed by atoms with E-state index in [4.69, 9.17) is 15.0 Å². The number of ether oxygens (including phenoxy) is 1. The van der Waals surface area contributed by atoms with Gasteiger partial charge in [0.2, 0.25) is 5.76 Å². The fourth-order valence-corrected chi connectivity index (χ4v) is 2.95. The van der Waals surface area contributed by atoms with Crippen LogP contribution in [-0.4, -0.2) is 28.1 Å². The number of nitrogens with one attached hydrogen (secondary N) is 1. The molecule has 0 spiro atoms. The van der Waals surface area contributed by atoms with E-state index in [0.29, 0.717) is 11.1 Å². The van der Waals surface area contributed by atoms with Gasteiger partial charge in [0.1, 0.15) is 17.4 Å². The fraction of sp³-hybridized carbons (Fsp3) is 0.0476. The van der Waals surface area contributed by atoms with Crippen LogP contribution in [-0.2, 0) is 11.3 Å². The first-order chi connectivity index (χ1) is 14.9. The average Bonchev–Trinajstić information content (AvgIpc) is 3.23. The Labute approximate surface area is 175 Å². The number of carbonyl (C=O) groups is 3. The molecule has 0 unspecified atom stereocenters. The van der Waals surface area contributed by atoms with Crippen LogP contribution < -0.4 is 11.3 Å². The minimum absolute atomic E-state index is 0.240. The van der Waals surface area contributed by atoms with E-state index < -0.39 is 46.9 Å². The van der Waals surface area contributed by atoms with Crippen molar-refractivity contribution in [3.8, 4) is 22.9 Å². The Kier molecular flexibility index (Phi) is 6.11. The fourth-order valence-electron chi connectivity index (χ4n) is 2.95. The number of carbonyl (C=O) groups excluding carboxylic acids is 3. The third kappa shape index (κ3) is 3.99. The molecule has 3 rings (SSSR count). The van der Waals surface area contributed by atoms with E-state index in [1.54, 1.807) is 41.8 Å². The van der Waals surface area contributed by atoms with Gasteiger partial charge in [0.05, 0.1) is 24.0 Å². The Morgan fingerprint density at radius 1 is 1.13 bits per heavy atom. The molecule has 3 aromatic rings. The maximum Gasteiger partial charge on any atom is 0.382 e. The molecule has 0 aliphatic carbocycles. The molecule has 0 bridgehead atoms. The second-order valence-corrected chi connectivity index (χ2v) is 6.13. The Morgan fingerprint density at radius 3 is 2.45 bits per heavy atom. The number of esters is 2.